The molecule has 0 aliphatic rings. The van der Waals surface area contributed by atoms with Crippen LogP contribution in [0.15, 0.2) is 46.9 Å². The summed E-state index contributed by atoms with van der Waals surface area (Å²) in [6.07, 6.45) is 0.513. The fraction of sp³-hybridized carbons (Fsp3) is 0.133. The van der Waals surface area contributed by atoms with Gasteiger partial charge in [-0.1, -0.05) is 24.3 Å². The highest BCUT2D eigenvalue weighted by atomic mass is 79.9. The molecule has 0 unspecified atom stereocenters. The first-order valence-electron chi connectivity index (χ1n) is 6.13. The van der Waals surface area contributed by atoms with Gasteiger partial charge in [-0.3, -0.25) is 5.41 Å². The molecule has 4 N–H and O–H groups in total. The zero-order chi connectivity index (χ0) is 14.5. The summed E-state index contributed by atoms with van der Waals surface area (Å²) in [7, 11) is 0. The normalized spacial score (nSPS) is 10.3. The molecule has 0 spiro atoms. The van der Waals surface area contributed by atoms with Crippen molar-refractivity contribution in [2.75, 3.05) is 6.61 Å². The summed E-state index contributed by atoms with van der Waals surface area (Å²) >= 11 is 3.37. The zero-order valence-corrected chi connectivity index (χ0v) is 12.4. The molecule has 2 aromatic carbocycles. The topological polar surface area (TPSA) is 79.3 Å². The lowest BCUT2D eigenvalue weighted by molar-refractivity contribution is 0.298. The molecule has 0 bridgehead atoms. The third-order valence-corrected chi connectivity index (χ3v) is 3.48. The van der Waals surface area contributed by atoms with Crippen LogP contribution < -0.4 is 10.5 Å². The third kappa shape index (κ3) is 3.18. The molecule has 20 heavy (non-hydrogen) atoms. The lowest BCUT2D eigenvalue weighted by Crippen LogP contribution is -2.13. The number of nitrogen functional groups attached to an aromatic ring is 1. The number of rotatable bonds is 5. The summed E-state index contributed by atoms with van der Waals surface area (Å²) in [6.45, 7) is 0.0540. The average Bonchev–Trinajstić information content (AvgIpc) is 2.41. The van der Waals surface area contributed by atoms with Gasteiger partial charge in [-0.2, -0.15) is 0 Å². The molecule has 0 radical (unpaired) electrons. The Bertz CT molecular complexity index is 629. The maximum atomic E-state index is 9.08. The van der Waals surface area contributed by atoms with Crippen molar-refractivity contribution in [1.82, 2.24) is 0 Å². The smallest absolute Gasteiger partial charge is 0.139 e. The van der Waals surface area contributed by atoms with Crippen LogP contribution in [-0.2, 0) is 6.42 Å². The van der Waals surface area contributed by atoms with E-state index in [2.05, 4.69) is 15.9 Å². The fourth-order valence-electron chi connectivity index (χ4n) is 1.90. The molecular formula is C15H15BrN2O2. The van der Waals surface area contributed by atoms with Gasteiger partial charge in [-0.15, -0.1) is 0 Å². The van der Waals surface area contributed by atoms with Gasteiger partial charge in [0, 0.05) is 11.1 Å². The van der Waals surface area contributed by atoms with Gasteiger partial charge < -0.3 is 15.6 Å². The van der Waals surface area contributed by atoms with Crippen LogP contribution in [0.4, 0.5) is 0 Å². The van der Waals surface area contributed by atoms with Crippen molar-refractivity contribution in [2.24, 2.45) is 5.73 Å². The van der Waals surface area contributed by atoms with E-state index in [9.17, 15) is 0 Å². The van der Waals surface area contributed by atoms with E-state index >= 15 is 0 Å². The van der Waals surface area contributed by atoms with Gasteiger partial charge in [-0.05, 0) is 46.1 Å². The fourth-order valence-corrected chi connectivity index (χ4v) is 2.46. The average molecular weight is 335 g/mol. The van der Waals surface area contributed by atoms with E-state index in [1.165, 1.54) is 0 Å². The monoisotopic (exact) mass is 334 g/mol. The van der Waals surface area contributed by atoms with Crippen molar-refractivity contribution in [1.29, 1.82) is 5.41 Å². The van der Waals surface area contributed by atoms with Gasteiger partial charge in [0.25, 0.3) is 0 Å². The number of hydrogen-bond acceptors (Lipinski definition) is 3. The Labute approximate surface area is 125 Å². The Balaban J connectivity index is 2.40. The summed E-state index contributed by atoms with van der Waals surface area (Å²) in [5.74, 6) is 1.10. The summed E-state index contributed by atoms with van der Waals surface area (Å²) in [5.41, 5.74) is 7.03. The highest BCUT2D eigenvalue weighted by Gasteiger charge is 2.13. The maximum absolute atomic E-state index is 9.08. The number of halogens is 1. The highest BCUT2D eigenvalue weighted by molar-refractivity contribution is 9.10. The van der Waals surface area contributed by atoms with E-state index in [1.54, 1.807) is 6.07 Å². The van der Waals surface area contributed by atoms with Crippen molar-refractivity contribution in [2.45, 2.75) is 6.42 Å². The van der Waals surface area contributed by atoms with E-state index in [0.29, 0.717) is 28.0 Å². The van der Waals surface area contributed by atoms with E-state index in [4.69, 9.17) is 21.0 Å². The van der Waals surface area contributed by atoms with Crippen molar-refractivity contribution in [3.8, 4) is 11.5 Å². The Kier molecular flexibility index (Phi) is 4.76. The minimum atomic E-state index is -0.0629. The first kappa shape index (κ1) is 14.6. The number of aliphatic hydroxyl groups excluding tert-OH is 1. The number of para-hydroxylation sites is 1. The Morgan fingerprint density at radius 2 is 1.85 bits per heavy atom. The molecule has 2 rings (SSSR count). The Hall–Kier alpha value is -1.85. The van der Waals surface area contributed by atoms with Gasteiger partial charge in [0.1, 0.15) is 17.3 Å². The molecule has 0 saturated heterocycles. The van der Waals surface area contributed by atoms with Crippen LogP contribution >= 0.6 is 15.9 Å². The second kappa shape index (κ2) is 6.54. The second-order valence-corrected chi connectivity index (χ2v) is 5.06. The molecule has 0 heterocycles. The van der Waals surface area contributed by atoms with Crippen LogP contribution in [0.2, 0.25) is 0 Å². The predicted octanol–water partition coefficient (Wildman–Crippen LogP) is 3.06. The first-order valence-corrected chi connectivity index (χ1v) is 6.92. The van der Waals surface area contributed by atoms with E-state index in [-0.39, 0.29) is 12.4 Å². The Morgan fingerprint density at radius 1 is 1.15 bits per heavy atom. The zero-order valence-electron chi connectivity index (χ0n) is 10.8. The van der Waals surface area contributed by atoms with Crippen LogP contribution in [0.1, 0.15) is 11.1 Å². The van der Waals surface area contributed by atoms with Crippen LogP contribution in [0.3, 0.4) is 0 Å². The van der Waals surface area contributed by atoms with Gasteiger partial charge in [-0.25, -0.2) is 0 Å². The van der Waals surface area contributed by atoms with Crippen molar-refractivity contribution in [3.63, 3.8) is 0 Å². The molecule has 0 saturated carbocycles. The van der Waals surface area contributed by atoms with Gasteiger partial charge in [0.05, 0.1) is 5.56 Å². The highest BCUT2D eigenvalue weighted by Crippen LogP contribution is 2.32. The van der Waals surface area contributed by atoms with Crippen LogP contribution in [-0.4, -0.2) is 17.5 Å². The molecule has 2 aromatic rings. The third-order valence-electron chi connectivity index (χ3n) is 2.82. The van der Waals surface area contributed by atoms with Gasteiger partial charge >= 0.3 is 0 Å². The number of aliphatic hydroxyl groups is 1. The minimum Gasteiger partial charge on any atom is -0.456 e. The molecule has 0 aliphatic carbocycles. The van der Waals surface area contributed by atoms with E-state index in [1.807, 2.05) is 36.4 Å². The molecular weight excluding hydrogens is 320 g/mol. The van der Waals surface area contributed by atoms with Crippen molar-refractivity contribution >= 4 is 21.8 Å². The summed E-state index contributed by atoms with van der Waals surface area (Å²) in [4.78, 5) is 0. The minimum absolute atomic E-state index is 0.0540. The van der Waals surface area contributed by atoms with E-state index in [0.717, 1.165) is 5.56 Å². The molecule has 104 valence electrons. The van der Waals surface area contributed by atoms with Crippen LogP contribution in [0, 0.1) is 5.41 Å². The lowest BCUT2D eigenvalue weighted by Gasteiger charge is -2.14. The first-order chi connectivity index (χ1) is 9.63. The second-order valence-electron chi connectivity index (χ2n) is 4.21. The van der Waals surface area contributed by atoms with E-state index < -0.39 is 0 Å². The molecule has 4 nitrogen and oxygen atoms in total. The summed E-state index contributed by atoms with van der Waals surface area (Å²) < 4.78 is 6.58. The maximum Gasteiger partial charge on any atom is 0.139 e. The standard InChI is InChI=1S/C15H15BrN2O2/c16-11-5-3-7-13(14(11)15(17)18)20-12-6-2-1-4-10(12)8-9-19/h1-7,19H,8-9H2,(H3,17,18). The summed E-state index contributed by atoms with van der Waals surface area (Å²) in [6, 6.07) is 12.9. The molecule has 5 heteroatoms. The quantitative estimate of drug-likeness (QED) is 0.580. The predicted molar refractivity (Wildman–Crippen MR) is 82.5 cm³/mol. The number of ether oxygens (including phenoxy) is 1. The number of benzene rings is 2. The Morgan fingerprint density at radius 3 is 2.55 bits per heavy atom. The largest absolute Gasteiger partial charge is 0.456 e. The van der Waals surface area contributed by atoms with Crippen LogP contribution in [0.25, 0.3) is 0 Å². The van der Waals surface area contributed by atoms with Crippen molar-refractivity contribution < 1.29 is 9.84 Å². The number of amidine groups is 1. The lowest BCUT2D eigenvalue weighted by atomic mass is 10.1. The van der Waals surface area contributed by atoms with Crippen molar-refractivity contribution in [3.05, 3.63) is 58.1 Å². The molecule has 0 aromatic heterocycles. The molecule has 0 amide bonds. The molecule has 0 fully saturated rings. The van der Waals surface area contributed by atoms with Gasteiger partial charge in [0.15, 0.2) is 0 Å². The number of nitrogens with one attached hydrogen (secondary N) is 1. The van der Waals surface area contributed by atoms with Gasteiger partial charge in [0.2, 0.25) is 0 Å². The number of nitrogens with two attached hydrogens (primary N) is 1. The SMILES string of the molecule is N=C(N)c1c(Br)cccc1Oc1ccccc1CCO. The molecule has 0 atom stereocenters. The summed E-state index contributed by atoms with van der Waals surface area (Å²) in [5, 5.41) is 16.7. The van der Waals surface area contributed by atoms with Crippen LogP contribution in [0.5, 0.6) is 11.5 Å². The number of hydrogen-bond donors (Lipinski definition) is 3. The molecule has 0 aliphatic heterocycles.